The summed E-state index contributed by atoms with van der Waals surface area (Å²) in [6, 6.07) is 0.00366. The highest BCUT2D eigenvalue weighted by atomic mass is 16.2. The summed E-state index contributed by atoms with van der Waals surface area (Å²) >= 11 is 0. The fourth-order valence-electron chi connectivity index (χ4n) is 4.63. The van der Waals surface area contributed by atoms with Crippen LogP contribution in [0.2, 0.25) is 0 Å². The van der Waals surface area contributed by atoms with E-state index in [2.05, 4.69) is 16.8 Å². The maximum Gasteiger partial charge on any atom is 0.237 e. The molecule has 7 heteroatoms. The Labute approximate surface area is 167 Å². The number of rotatable bonds is 3. The third-order valence-electron chi connectivity index (χ3n) is 6.50. The van der Waals surface area contributed by atoms with Crippen LogP contribution in [-0.2, 0) is 22.6 Å². The van der Waals surface area contributed by atoms with Crippen LogP contribution in [0.1, 0.15) is 62.7 Å². The molecule has 2 saturated heterocycles. The predicted octanol–water partition coefficient (Wildman–Crippen LogP) is 1.78. The molecule has 0 aromatic carbocycles. The average Bonchev–Trinajstić information content (AvgIpc) is 3.19. The smallest absolute Gasteiger partial charge is 0.237 e. The van der Waals surface area contributed by atoms with Gasteiger partial charge in [-0.1, -0.05) is 6.92 Å². The van der Waals surface area contributed by atoms with E-state index in [1.165, 1.54) is 12.8 Å². The van der Waals surface area contributed by atoms with Crippen molar-refractivity contribution < 1.29 is 9.59 Å². The predicted molar refractivity (Wildman–Crippen MR) is 105 cm³/mol. The Hall–Kier alpha value is -2.02. The molecule has 4 rings (SSSR count). The summed E-state index contributed by atoms with van der Waals surface area (Å²) in [5, 5.41) is 0. The highest BCUT2D eigenvalue weighted by molar-refractivity contribution is 5.78. The molecule has 4 heterocycles. The van der Waals surface area contributed by atoms with Gasteiger partial charge in [0.1, 0.15) is 0 Å². The highest BCUT2D eigenvalue weighted by Gasteiger charge is 2.31. The maximum atomic E-state index is 12.8. The van der Waals surface area contributed by atoms with Gasteiger partial charge in [0.15, 0.2) is 5.82 Å². The van der Waals surface area contributed by atoms with Crippen LogP contribution in [0.25, 0.3) is 0 Å². The monoisotopic (exact) mass is 385 g/mol. The van der Waals surface area contributed by atoms with Crippen molar-refractivity contribution in [2.75, 3.05) is 32.7 Å². The molecule has 3 aliphatic heterocycles. The number of likely N-dealkylation sites (tertiary alicyclic amines) is 2. The molecule has 2 fully saturated rings. The topological polar surface area (TPSA) is 69.6 Å². The maximum absolute atomic E-state index is 12.8. The standard InChI is InChI=1S/C21H31N5O2/c1-15-5-9-24(10-6-15)14-20(28)25-11-7-18-17(13-25)12-22-21(23-18)19-4-3-8-26(19)16(2)27/h12,15,19H,3-11,13-14H2,1-2H3/t19-/m1/s1. The number of carbonyl (C=O) groups is 2. The minimum atomic E-state index is 0.00366. The Bertz CT molecular complexity index is 744. The summed E-state index contributed by atoms with van der Waals surface area (Å²) in [5.41, 5.74) is 2.08. The van der Waals surface area contributed by atoms with E-state index in [-0.39, 0.29) is 17.9 Å². The minimum Gasteiger partial charge on any atom is -0.337 e. The number of aromatic nitrogens is 2. The molecule has 2 amide bonds. The third kappa shape index (κ3) is 4.04. The van der Waals surface area contributed by atoms with Gasteiger partial charge in [-0.25, -0.2) is 9.97 Å². The van der Waals surface area contributed by atoms with Gasteiger partial charge in [-0.15, -0.1) is 0 Å². The lowest BCUT2D eigenvalue weighted by Crippen LogP contribution is -2.45. The molecule has 7 nitrogen and oxygen atoms in total. The normalized spacial score (nSPS) is 23.7. The van der Waals surface area contributed by atoms with Crippen molar-refractivity contribution >= 4 is 11.8 Å². The summed E-state index contributed by atoms with van der Waals surface area (Å²) < 4.78 is 0. The number of nitrogens with zero attached hydrogens (tertiary/aromatic N) is 5. The molecule has 152 valence electrons. The number of hydrogen-bond donors (Lipinski definition) is 0. The van der Waals surface area contributed by atoms with Crippen molar-refractivity contribution in [3.05, 3.63) is 23.3 Å². The zero-order valence-corrected chi connectivity index (χ0v) is 17.1. The van der Waals surface area contributed by atoms with Gasteiger partial charge in [-0.2, -0.15) is 0 Å². The summed E-state index contributed by atoms with van der Waals surface area (Å²) in [5.74, 6) is 1.84. The van der Waals surface area contributed by atoms with Crippen molar-refractivity contribution in [2.45, 2.75) is 58.5 Å². The van der Waals surface area contributed by atoms with E-state index in [0.29, 0.717) is 19.6 Å². The second kappa shape index (κ2) is 8.15. The quantitative estimate of drug-likeness (QED) is 0.793. The average molecular weight is 386 g/mol. The second-order valence-electron chi connectivity index (χ2n) is 8.59. The van der Waals surface area contributed by atoms with Crippen LogP contribution in [0.3, 0.4) is 0 Å². The van der Waals surface area contributed by atoms with Gasteiger partial charge in [-0.05, 0) is 44.7 Å². The number of piperidine rings is 1. The van der Waals surface area contributed by atoms with Crippen LogP contribution in [-0.4, -0.2) is 69.2 Å². The van der Waals surface area contributed by atoms with Crippen LogP contribution in [0.5, 0.6) is 0 Å². The lowest BCUT2D eigenvalue weighted by atomic mass is 9.99. The molecule has 0 aliphatic carbocycles. The fraction of sp³-hybridized carbons (Fsp3) is 0.714. The Balaban J connectivity index is 1.39. The minimum absolute atomic E-state index is 0.00366. The van der Waals surface area contributed by atoms with E-state index in [1.54, 1.807) is 6.92 Å². The third-order valence-corrected chi connectivity index (χ3v) is 6.50. The van der Waals surface area contributed by atoms with E-state index in [1.807, 2.05) is 16.0 Å². The van der Waals surface area contributed by atoms with Gasteiger partial charge in [0.2, 0.25) is 11.8 Å². The summed E-state index contributed by atoms with van der Waals surface area (Å²) in [4.78, 5) is 40.1. The SMILES string of the molecule is CC(=O)N1CCC[C@@H]1c1ncc2c(n1)CCN(C(=O)CN1CCC(C)CC1)C2. The summed E-state index contributed by atoms with van der Waals surface area (Å²) in [6.07, 6.45) is 6.94. The Morgan fingerprint density at radius 3 is 2.68 bits per heavy atom. The zero-order chi connectivity index (χ0) is 19.7. The van der Waals surface area contributed by atoms with Gasteiger partial charge >= 0.3 is 0 Å². The van der Waals surface area contributed by atoms with E-state index in [9.17, 15) is 9.59 Å². The zero-order valence-electron chi connectivity index (χ0n) is 17.1. The number of hydrogen-bond acceptors (Lipinski definition) is 5. The molecule has 0 unspecified atom stereocenters. The van der Waals surface area contributed by atoms with E-state index >= 15 is 0 Å². The van der Waals surface area contributed by atoms with Gasteiger partial charge in [-0.3, -0.25) is 14.5 Å². The molecule has 0 N–H and O–H groups in total. The van der Waals surface area contributed by atoms with Gasteiger partial charge in [0.25, 0.3) is 0 Å². The lowest BCUT2D eigenvalue weighted by Gasteiger charge is -2.33. The lowest BCUT2D eigenvalue weighted by molar-refractivity contribution is -0.134. The largest absolute Gasteiger partial charge is 0.337 e. The Kier molecular flexibility index (Phi) is 5.62. The van der Waals surface area contributed by atoms with Crippen molar-refractivity contribution in [3.8, 4) is 0 Å². The fourth-order valence-corrected chi connectivity index (χ4v) is 4.63. The molecular formula is C21H31N5O2. The number of amides is 2. The Morgan fingerprint density at radius 1 is 1.14 bits per heavy atom. The highest BCUT2D eigenvalue weighted by Crippen LogP contribution is 2.30. The van der Waals surface area contributed by atoms with Gasteiger partial charge < -0.3 is 9.80 Å². The molecule has 28 heavy (non-hydrogen) atoms. The van der Waals surface area contributed by atoms with Gasteiger partial charge in [0, 0.05) is 44.7 Å². The molecule has 0 bridgehead atoms. The van der Waals surface area contributed by atoms with Crippen molar-refractivity contribution in [2.24, 2.45) is 5.92 Å². The van der Waals surface area contributed by atoms with Crippen LogP contribution in [0.4, 0.5) is 0 Å². The molecule has 0 radical (unpaired) electrons. The van der Waals surface area contributed by atoms with Crippen molar-refractivity contribution in [3.63, 3.8) is 0 Å². The second-order valence-corrected chi connectivity index (χ2v) is 8.59. The van der Waals surface area contributed by atoms with E-state index < -0.39 is 0 Å². The number of carbonyl (C=O) groups excluding carboxylic acids is 2. The van der Waals surface area contributed by atoms with E-state index in [0.717, 1.165) is 61.9 Å². The first-order valence-corrected chi connectivity index (χ1v) is 10.6. The first-order valence-electron chi connectivity index (χ1n) is 10.6. The molecule has 3 aliphatic rings. The molecule has 0 saturated carbocycles. The van der Waals surface area contributed by atoms with Crippen LogP contribution < -0.4 is 0 Å². The van der Waals surface area contributed by atoms with Crippen LogP contribution in [0.15, 0.2) is 6.20 Å². The van der Waals surface area contributed by atoms with Crippen LogP contribution >= 0.6 is 0 Å². The molecular weight excluding hydrogens is 354 g/mol. The first-order chi connectivity index (χ1) is 13.5. The van der Waals surface area contributed by atoms with Crippen molar-refractivity contribution in [1.82, 2.24) is 24.7 Å². The number of fused-ring (bicyclic) bond motifs is 1. The Morgan fingerprint density at radius 2 is 1.93 bits per heavy atom. The molecule has 1 atom stereocenters. The summed E-state index contributed by atoms with van der Waals surface area (Å²) in [6.45, 7) is 8.58. The summed E-state index contributed by atoms with van der Waals surface area (Å²) in [7, 11) is 0. The van der Waals surface area contributed by atoms with Crippen LogP contribution in [0, 0.1) is 5.92 Å². The molecule has 1 aromatic rings. The van der Waals surface area contributed by atoms with Gasteiger partial charge in [0.05, 0.1) is 18.3 Å². The molecule has 0 spiro atoms. The molecule has 1 aromatic heterocycles. The first kappa shape index (κ1) is 19.3. The van der Waals surface area contributed by atoms with E-state index in [4.69, 9.17) is 4.98 Å². The van der Waals surface area contributed by atoms with Crippen molar-refractivity contribution in [1.29, 1.82) is 0 Å².